The van der Waals surface area contributed by atoms with Gasteiger partial charge in [0, 0.05) is 0 Å². The van der Waals surface area contributed by atoms with Crippen molar-refractivity contribution in [1.29, 1.82) is 0 Å². The van der Waals surface area contributed by atoms with Crippen LogP contribution >= 0.6 is 0 Å². The molecule has 0 aromatic rings. The number of hydrogen-bond acceptors (Lipinski definition) is 0. The largest absolute Gasteiger partial charge is 0.0654 e. The highest BCUT2D eigenvalue weighted by Gasteiger charge is 2.03. The Balaban J connectivity index is 3.13. The van der Waals surface area contributed by atoms with Crippen molar-refractivity contribution >= 4 is 0 Å². The fraction of sp³-hybridized carbons (Fsp3) is 0.976. The van der Waals surface area contributed by atoms with Gasteiger partial charge in [0.2, 0.25) is 0 Å². The van der Waals surface area contributed by atoms with E-state index < -0.39 is 0 Å². The maximum Gasteiger partial charge on any atom is -0.0414 e. The monoisotopic (exact) mass is 590 g/mol. The third-order valence-electron chi connectivity index (χ3n) is 9.93. The number of unbranched alkanes of at least 4 members (excludes halogenated alkanes) is 34. The van der Waals surface area contributed by atoms with Gasteiger partial charge in [-0.25, -0.2) is 0 Å². The molecule has 0 spiro atoms. The molecule has 0 aliphatic rings. The molecule has 0 heterocycles. The molecule has 0 fully saturated rings. The molecule has 1 radical (unpaired) electrons. The Bertz CT molecular complexity index is 439. The van der Waals surface area contributed by atoms with Crippen LogP contribution in [0.5, 0.6) is 0 Å². The topological polar surface area (TPSA) is 0 Å². The summed E-state index contributed by atoms with van der Waals surface area (Å²) in [4.78, 5) is 0. The summed E-state index contributed by atoms with van der Waals surface area (Å²) < 4.78 is 0. The second-order valence-electron chi connectivity index (χ2n) is 14.5. The first kappa shape index (κ1) is 42.0. The zero-order valence-electron chi connectivity index (χ0n) is 30.2. The molecule has 0 aliphatic carbocycles. The quantitative estimate of drug-likeness (QED) is 0.0628. The lowest BCUT2D eigenvalue weighted by atomic mass is 9.95. The molecule has 0 aromatic carbocycles. The van der Waals surface area contributed by atoms with Gasteiger partial charge in [0.05, 0.1) is 0 Å². The fourth-order valence-corrected chi connectivity index (χ4v) is 6.81. The van der Waals surface area contributed by atoms with Crippen LogP contribution in [0, 0.1) is 12.8 Å². The highest BCUT2D eigenvalue weighted by Crippen LogP contribution is 2.20. The summed E-state index contributed by atoms with van der Waals surface area (Å²) in [7, 11) is 0. The summed E-state index contributed by atoms with van der Waals surface area (Å²) >= 11 is 0. The van der Waals surface area contributed by atoms with E-state index in [4.69, 9.17) is 0 Å². The lowest BCUT2D eigenvalue weighted by Crippen LogP contribution is -1.95. The average Bonchev–Trinajstić information content (AvgIpc) is 3.00. The molecular weight excluding hydrogens is 504 g/mol. The minimum Gasteiger partial charge on any atom is -0.0654 e. The zero-order chi connectivity index (χ0) is 30.4. The molecule has 0 nitrogen and oxygen atoms in total. The highest BCUT2D eigenvalue weighted by molar-refractivity contribution is 4.62. The van der Waals surface area contributed by atoms with Gasteiger partial charge in [0.25, 0.3) is 0 Å². The Morgan fingerprint density at radius 3 is 0.548 bits per heavy atom. The van der Waals surface area contributed by atoms with E-state index in [-0.39, 0.29) is 0 Å². The minimum atomic E-state index is 0.715. The lowest BCUT2D eigenvalue weighted by Gasteiger charge is -2.11. The second kappa shape index (κ2) is 39.0. The molecular formula is C42H85. The van der Waals surface area contributed by atoms with E-state index in [1.807, 2.05) is 0 Å². The van der Waals surface area contributed by atoms with E-state index in [0.717, 1.165) is 0 Å². The highest BCUT2D eigenvalue weighted by atomic mass is 14.1. The van der Waals surface area contributed by atoms with E-state index in [1.54, 1.807) is 0 Å². The Kier molecular flexibility index (Phi) is 39.0. The van der Waals surface area contributed by atoms with Crippen LogP contribution in [0.15, 0.2) is 0 Å². The summed E-state index contributed by atoms with van der Waals surface area (Å²) in [5.74, 6) is 0.715. The van der Waals surface area contributed by atoms with E-state index in [9.17, 15) is 0 Å². The molecule has 0 saturated carbocycles. The van der Waals surface area contributed by atoms with E-state index in [2.05, 4.69) is 20.8 Å². The van der Waals surface area contributed by atoms with Crippen molar-refractivity contribution in [2.24, 2.45) is 5.92 Å². The maximum absolute atomic E-state index is 4.46. The van der Waals surface area contributed by atoms with Gasteiger partial charge in [-0.1, -0.05) is 265 Å². The zero-order valence-corrected chi connectivity index (χ0v) is 30.2. The molecule has 0 amide bonds. The molecule has 1 unspecified atom stereocenters. The van der Waals surface area contributed by atoms with Gasteiger partial charge in [-0.15, -0.1) is 0 Å². The number of hydrogen-bond donors (Lipinski definition) is 0. The molecule has 1 atom stereocenters. The normalized spacial score (nSPS) is 12.4. The summed E-state index contributed by atoms with van der Waals surface area (Å²) in [6.07, 6.45) is 55.5. The standard InChI is InChI=1S/C42H85/c1-4-6-8-10-12-14-16-18-20-22-23-24-25-27-29-31-33-35-37-39-41-42(3)40-38-36-34-32-30-28-26-21-19-17-15-13-11-9-7-5-2/h42H,3-41H2,1-2H3. The van der Waals surface area contributed by atoms with E-state index in [1.165, 1.54) is 244 Å². The van der Waals surface area contributed by atoms with Crippen LogP contribution in [0.3, 0.4) is 0 Å². The third kappa shape index (κ3) is 38.0. The molecule has 0 bridgehead atoms. The van der Waals surface area contributed by atoms with Crippen molar-refractivity contribution < 1.29 is 0 Å². The molecule has 0 N–H and O–H groups in total. The Labute approximate surface area is 270 Å². The first-order valence-electron chi connectivity index (χ1n) is 20.6. The van der Waals surface area contributed by atoms with Gasteiger partial charge in [-0.05, 0) is 5.92 Å². The molecule has 0 saturated heterocycles. The lowest BCUT2D eigenvalue weighted by molar-refractivity contribution is 0.459. The molecule has 0 aliphatic heterocycles. The average molecular weight is 590 g/mol. The summed E-state index contributed by atoms with van der Waals surface area (Å²) in [6.45, 7) is 9.08. The van der Waals surface area contributed by atoms with E-state index in [0.29, 0.717) is 5.92 Å². The first-order valence-corrected chi connectivity index (χ1v) is 20.6. The van der Waals surface area contributed by atoms with Crippen molar-refractivity contribution in [1.82, 2.24) is 0 Å². The molecule has 0 heteroatoms. The van der Waals surface area contributed by atoms with Gasteiger partial charge in [0.15, 0.2) is 0 Å². The van der Waals surface area contributed by atoms with Crippen LogP contribution in [0.2, 0.25) is 0 Å². The minimum absolute atomic E-state index is 0.715. The Morgan fingerprint density at radius 1 is 0.238 bits per heavy atom. The van der Waals surface area contributed by atoms with Crippen LogP contribution in [0.25, 0.3) is 0 Å². The molecule has 0 aromatic heterocycles. The van der Waals surface area contributed by atoms with Crippen LogP contribution in [0.1, 0.15) is 258 Å². The summed E-state index contributed by atoms with van der Waals surface area (Å²) in [5.41, 5.74) is 0. The van der Waals surface area contributed by atoms with Gasteiger partial charge in [-0.3, -0.25) is 0 Å². The Morgan fingerprint density at radius 2 is 0.381 bits per heavy atom. The molecule has 0 rings (SSSR count). The molecule has 42 heavy (non-hydrogen) atoms. The number of rotatable bonds is 38. The van der Waals surface area contributed by atoms with Crippen molar-refractivity contribution in [3.63, 3.8) is 0 Å². The fourth-order valence-electron chi connectivity index (χ4n) is 6.81. The van der Waals surface area contributed by atoms with Gasteiger partial charge in [-0.2, -0.15) is 0 Å². The van der Waals surface area contributed by atoms with Crippen LogP contribution < -0.4 is 0 Å². The van der Waals surface area contributed by atoms with E-state index >= 15 is 0 Å². The van der Waals surface area contributed by atoms with Gasteiger partial charge in [0.1, 0.15) is 0 Å². The summed E-state index contributed by atoms with van der Waals surface area (Å²) in [5, 5.41) is 0. The van der Waals surface area contributed by atoms with Crippen LogP contribution in [0.4, 0.5) is 0 Å². The molecule has 253 valence electrons. The van der Waals surface area contributed by atoms with Crippen molar-refractivity contribution in [3.8, 4) is 0 Å². The van der Waals surface area contributed by atoms with Gasteiger partial charge < -0.3 is 0 Å². The maximum atomic E-state index is 4.46. The van der Waals surface area contributed by atoms with Crippen molar-refractivity contribution in [2.75, 3.05) is 0 Å². The van der Waals surface area contributed by atoms with Crippen LogP contribution in [-0.2, 0) is 0 Å². The van der Waals surface area contributed by atoms with Crippen LogP contribution in [-0.4, -0.2) is 0 Å². The summed E-state index contributed by atoms with van der Waals surface area (Å²) in [6, 6.07) is 0. The second-order valence-corrected chi connectivity index (χ2v) is 14.5. The predicted octanol–water partition coefficient (Wildman–Crippen LogP) is 16.3. The third-order valence-corrected chi connectivity index (χ3v) is 9.93. The first-order chi connectivity index (χ1) is 20.8. The Hall–Kier alpha value is 0. The SMILES string of the molecule is [CH2]C(CCCCCCCCCCCCCCCCCC)CCCCCCCCCCCCCCCCCCCCCC. The van der Waals surface area contributed by atoms with Crippen molar-refractivity contribution in [2.45, 2.75) is 258 Å². The smallest absolute Gasteiger partial charge is 0.0414 e. The van der Waals surface area contributed by atoms with Gasteiger partial charge >= 0.3 is 0 Å². The predicted molar refractivity (Wildman–Crippen MR) is 196 cm³/mol. The van der Waals surface area contributed by atoms with Crippen molar-refractivity contribution in [3.05, 3.63) is 6.92 Å².